The van der Waals surface area contributed by atoms with Gasteiger partial charge in [-0.3, -0.25) is 14.5 Å². The van der Waals surface area contributed by atoms with Crippen molar-refractivity contribution in [2.45, 2.75) is 6.54 Å². The van der Waals surface area contributed by atoms with Crippen LogP contribution in [0.15, 0.2) is 84.9 Å². The summed E-state index contributed by atoms with van der Waals surface area (Å²) in [5.74, 6) is -0.634. The molecule has 152 valence electrons. The van der Waals surface area contributed by atoms with Crippen LogP contribution in [0.1, 0.15) is 16.7 Å². The van der Waals surface area contributed by atoms with Crippen LogP contribution in [0.25, 0.3) is 22.0 Å². The molecule has 0 saturated heterocycles. The number of carbonyl (C=O) groups excluding carboxylic acids is 2. The summed E-state index contributed by atoms with van der Waals surface area (Å²) in [5, 5.41) is 1.29. The molecule has 0 unspecified atom stereocenters. The van der Waals surface area contributed by atoms with E-state index >= 15 is 0 Å². The number of imide groups is 1. The molecule has 5 rings (SSSR count). The van der Waals surface area contributed by atoms with E-state index in [4.69, 9.17) is 11.6 Å². The summed E-state index contributed by atoms with van der Waals surface area (Å²) in [6.45, 7) is 0.209. The Morgan fingerprint density at radius 2 is 1.32 bits per heavy atom. The number of aromatic nitrogens is 1. The zero-order valence-electron chi connectivity index (χ0n) is 16.9. The molecule has 0 fully saturated rings. The number of carbonyl (C=O) groups is 2. The van der Waals surface area contributed by atoms with Crippen molar-refractivity contribution in [1.29, 1.82) is 0 Å². The Labute approximate surface area is 185 Å². The average Bonchev–Trinajstić information content (AvgIpc) is 3.20. The van der Waals surface area contributed by atoms with Crippen molar-refractivity contribution in [2.75, 3.05) is 0 Å². The zero-order chi connectivity index (χ0) is 21.5. The lowest BCUT2D eigenvalue weighted by Crippen LogP contribution is -2.31. The van der Waals surface area contributed by atoms with Crippen molar-refractivity contribution in [3.63, 3.8) is 0 Å². The predicted octanol–water partition coefficient (Wildman–Crippen LogP) is 5.31. The Balaban J connectivity index is 1.74. The van der Waals surface area contributed by atoms with Crippen molar-refractivity contribution < 1.29 is 9.59 Å². The fraction of sp³-hybridized carbons (Fsp3) is 0.0769. The Morgan fingerprint density at radius 3 is 2.03 bits per heavy atom. The normalized spacial score (nSPS) is 14.2. The lowest BCUT2D eigenvalue weighted by atomic mass is 9.96. The van der Waals surface area contributed by atoms with E-state index in [1.165, 1.54) is 4.90 Å². The number of amides is 2. The minimum Gasteiger partial charge on any atom is -0.334 e. The topological polar surface area (TPSA) is 42.3 Å². The second-order valence-corrected chi connectivity index (χ2v) is 7.90. The Bertz CT molecular complexity index is 1350. The second kappa shape index (κ2) is 7.56. The molecular formula is C26H19ClN2O2. The van der Waals surface area contributed by atoms with Gasteiger partial charge in [0.15, 0.2) is 0 Å². The summed E-state index contributed by atoms with van der Waals surface area (Å²) in [4.78, 5) is 28.6. The number of halogens is 1. The highest BCUT2D eigenvalue weighted by Crippen LogP contribution is 2.43. The monoisotopic (exact) mass is 426 g/mol. The highest BCUT2D eigenvalue weighted by molar-refractivity contribution is 6.51. The molecule has 5 heteroatoms. The molecule has 3 aromatic carbocycles. The maximum Gasteiger partial charge on any atom is 0.262 e. The van der Waals surface area contributed by atoms with Crippen molar-refractivity contribution in [3.8, 4) is 0 Å². The van der Waals surface area contributed by atoms with Gasteiger partial charge in [0.25, 0.3) is 11.8 Å². The molecule has 0 spiro atoms. The molecule has 0 atom stereocenters. The number of fused-ring (bicyclic) bond motifs is 1. The molecule has 4 aromatic rings. The number of hydrogen-bond acceptors (Lipinski definition) is 2. The van der Waals surface area contributed by atoms with Gasteiger partial charge in [-0.05, 0) is 17.2 Å². The first-order valence-electron chi connectivity index (χ1n) is 10.0. The van der Waals surface area contributed by atoms with E-state index in [1.54, 1.807) is 0 Å². The molecular weight excluding hydrogens is 408 g/mol. The fourth-order valence-electron chi connectivity index (χ4n) is 4.19. The molecule has 1 aromatic heterocycles. The predicted molar refractivity (Wildman–Crippen MR) is 123 cm³/mol. The van der Waals surface area contributed by atoms with Gasteiger partial charge in [0.2, 0.25) is 0 Å². The van der Waals surface area contributed by atoms with Gasteiger partial charge in [0.05, 0.1) is 17.7 Å². The van der Waals surface area contributed by atoms with Crippen LogP contribution in [0.2, 0.25) is 5.15 Å². The molecule has 4 nitrogen and oxygen atoms in total. The summed E-state index contributed by atoms with van der Waals surface area (Å²) >= 11 is 6.74. The fourth-order valence-corrected chi connectivity index (χ4v) is 4.48. The van der Waals surface area contributed by atoms with Gasteiger partial charge in [-0.1, -0.05) is 90.5 Å². The van der Waals surface area contributed by atoms with Crippen molar-refractivity contribution in [3.05, 3.63) is 107 Å². The van der Waals surface area contributed by atoms with Gasteiger partial charge in [-0.2, -0.15) is 0 Å². The van der Waals surface area contributed by atoms with E-state index in [-0.39, 0.29) is 18.4 Å². The first kappa shape index (κ1) is 19.3. The summed E-state index contributed by atoms with van der Waals surface area (Å²) in [7, 11) is 1.86. The van der Waals surface area contributed by atoms with Crippen LogP contribution in [0.3, 0.4) is 0 Å². The minimum atomic E-state index is -0.328. The van der Waals surface area contributed by atoms with E-state index in [9.17, 15) is 9.59 Å². The Hall–Kier alpha value is -3.63. The molecule has 31 heavy (non-hydrogen) atoms. The number of benzene rings is 3. The second-order valence-electron chi connectivity index (χ2n) is 7.54. The van der Waals surface area contributed by atoms with Crippen LogP contribution < -0.4 is 0 Å². The number of nitrogens with zero attached hydrogens (tertiary/aromatic N) is 2. The molecule has 0 N–H and O–H groups in total. The molecule has 1 aliphatic heterocycles. The number of rotatable bonds is 4. The van der Waals surface area contributed by atoms with Crippen LogP contribution in [0.5, 0.6) is 0 Å². The van der Waals surface area contributed by atoms with Crippen LogP contribution in [-0.2, 0) is 23.2 Å². The van der Waals surface area contributed by atoms with Gasteiger partial charge in [-0.25, -0.2) is 0 Å². The van der Waals surface area contributed by atoms with E-state index in [1.807, 2.05) is 96.5 Å². The first-order chi connectivity index (χ1) is 15.1. The average molecular weight is 427 g/mol. The van der Waals surface area contributed by atoms with Crippen LogP contribution in [-0.4, -0.2) is 21.3 Å². The summed E-state index contributed by atoms with van der Waals surface area (Å²) in [6.07, 6.45) is 0. The SMILES string of the molecule is Cn1c(Cl)c(C2=C(c3ccccc3)C(=O)N(Cc3ccccc3)C2=O)c2ccccc21. The standard InChI is InChI=1S/C26H19ClN2O2/c1-28-20-15-9-8-14-19(20)22(24(28)27)23-21(18-12-6-3-7-13-18)25(30)29(26(23)31)16-17-10-4-2-5-11-17/h2-15H,16H2,1H3. The number of hydrogen-bond donors (Lipinski definition) is 0. The molecule has 0 saturated carbocycles. The van der Waals surface area contributed by atoms with Crippen molar-refractivity contribution in [2.24, 2.45) is 7.05 Å². The van der Waals surface area contributed by atoms with E-state index in [0.29, 0.717) is 27.4 Å². The van der Waals surface area contributed by atoms with Crippen molar-refractivity contribution in [1.82, 2.24) is 9.47 Å². The van der Waals surface area contributed by atoms with Crippen molar-refractivity contribution >= 4 is 45.5 Å². The highest BCUT2D eigenvalue weighted by Gasteiger charge is 2.41. The smallest absolute Gasteiger partial charge is 0.262 e. The largest absolute Gasteiger partial charge is 0.334 e. The Kier molecular flexibility index (Phi) is 4.72. The maximum atomic E-state index is 13.7. The van der Waals surface area contributed by atoms with E-state index < -0.39 is 0 Å². The quantitative estimate of drug-likeness (QED) is 0.415. The molecule has 0 radical (unpaired) electrons. The van der Waals surface area contributed by atoms with Gasteiger partial charge < -0.3 is 4.57 Å². The molecule has 1 aliphatic rings. The third-order valence-electron chi connectivity index (χ3n) is 5.70. The highest BCUT2D eigenvalue weighted by atomic mass is 35.5. The lowest BCUT2D eigenvalue weighted by Gasteiger charge is -2.15. The van der Waals surface area contributed by atoms with Crippen LogP contribution >= 0.6 is 11.6 Å². The minimum absolute atomic E-state index is 0.209. The van der Waals surface area contributed by atoms with Gasteiger partial charge in [0, 0.05) is 23.5 Å². The summed E-state index contributed by atoms with van der Waals surface area (Å²) in [6, 6.07) is 26.6. The number of para-hydroxylation sites is 1. The summed E-state index contributed by atoms with van der Waals surface area (Å²) < 4.78 is 1.85. The molecule has 0 bridgehead atoms. The third-order valence-corrected chi connectivity index (χ3v) is 6.14. The third kappa shape index (κ3) is 3.07. The lowest BCUT2D eigenvalue weighted by molar-refractivity contribution is -0.136. The Morgan fingerprint density at radius 1 is 0.742 bits per heavy atom. The van der Waals surface area contributed by atoms with Crippen LogP contribution in [0, 0.1) is 0 Å². The molecule has 2 heterocycles. The van der Waals surface area contributed by atoms with Crippen LogP contribution in [0.4, 0.5) is 0 Å². The van der Waals surface area contributed by atoms with E-state index in [0.717, 1.165) is 16.5 Å². The maximum absolute atomic E-state index is 13.7. The first-order valence-corrected chi connectivity index (χ1v) is 10.4. The summed E-state index contributed by atoms with van der Waals surface area (Å²) in [5.41, 5.74) is 3.85. The van der Waals surface area contributed by atoms with E-state index in [2.05, 4.69) is 0 Å². The van der Waals surface area contributed by atoms with Gasteiger partial charge >= 0.3 is 0 Å². The van der Waals surface area contributed by atoms with Gasteiger partial charge in [0.1, 0.15) is 5.15 Å². The van der Waals surface area contributed by atoms with Gasteiger partial charge in [-0.15, -0.1) is 0 Å². The molecule has 0 aliphatic carbocycles. The number of aryl methyl sites for hydroxylation is 1. The zero-order valence-corrected chi connectivity index (χ0v) is 17.6. The molecule has 2 amide bonds.